The first kappa shape index (κ1) is 9.20. The van der Waals surface area contributed by atoms with Gasteiger partial charge in [0.05, 0.1) is 23.0 Å². The van der Waals surface area contributed by atoms with E-state index in [4.69, 9.17) is 13.0 Å². The molecular formula is C16H21NO4. The molecule has 5 nitrogen and oxygen atoms in total. The van der Waals surface area contributed by atoms with Crippen LogP contribution in [0.15, 0.2) is 24.3 Å². The highest BCUT2D eigenvalue weighted by Crippen LogP contribution is 2.19. The number of hydrogen-bond donors (Lipinski definition) is 0. The van der Waals surface area contributed by atoms with E-state index >= 15 is 0 Å². The van der Waals surface area contributed by atoms with Crippen molar-refractivity contribution < 1.29 is 27.3 Å². The lowest BCUT2D eigenvalue weighted by atomic mass is 9.95. The molecule has 0 bridgehead atoms. The average molecular weight is 297 g/mol. The van der Waals surface area contributed by atoms with Crippen molar-refractivity contribution >= 4 is 11.8 Å². The maximum Gasteiger partial charge on any atom is 0.316 e. The predicted octanol–water partition coefficient (Wildman–Crippen LogP) is 1.65. The Labute approximate surface area is 133 Å². The van der Waals surface area contributed by atoms with Crippen LogP contribution in [-0.2, 0) is 20.9 Å². The van der Waals surface area contributed by atoms with Crippen LogP contribution in [0.1, 0.15) is 27.1 Å². The van der Waals surface area contributed by atoms with Crippen LogP contribution >= 0.6 is 0 Å². The van der Waals surface area contributed by atoms with Gasteiger partial charge in [0.15, 0.2) is 5.78 Å². The number of methoxy groups -OCH3 is 1. The first-order valence-electron chi connectivity index (χ1n) is 9.52. The molecule has 21 heavy (non-hydrogen) atoms. The van der Waals surface area contributed by atoms with Crippen LogP contribution < -0.4 is 4.74 Å². The summed E-state index contributed by atoms with van der Waals surface area (Å²) in [7, 11) is 1.47. The van der Waals surface area contributed by atoms with E-state index in [0.29, 0.717) is 16.2 Å². The zero-order chi connectivity index (χ0) is 20.6. The van der Waals surface area contributed by atoms with E-state index in [-0.39, 0.29) is 13.2 Å². The standard InChI is InChI=1S/C16H21NO4/c1-3-21-16(19)14-8-9-17(11-15(14)18)10-12-4-6-13(20-2)7-5-12/h4-7,14H,3,8-11H2,1-2H3/i8D2,9D2,11D2. The Balaban J connectivity index is 2.46. The molecule has 1 atom stereocenters. The average Bonchev–Trinajstić information content (AvgIpc) is 2.58. The fourth-order valence-electron chi connectivity index (χ4n) is 1.82. The number of piperidine rings is 1. The minimum absolute atomic E-state index is 0.139. The highest BCUT2D eigenvalue weighted by atomic mass is 16.5. The second kappa shape index (κ2) is 7.22. The van der Waals surface area contributed by atoms with Gasteiger partial charge in [0.1, 0.15) is 11.7 Å². The maximum absolute atomic E-state index is 12.6. The molecule has 1 unspecified atom stereocenters. The van der Waals surface area contributed by atoms with Crippen LogP contribution in [0.25, 0.3) is 0 Å². The number of likely N-dealkylation sites (tertiary alicyclic amines) is 1. The smallest absolute Gasteiger partial charge is 0.316 e. The minimum atomic E-state index is -2.99. The van der Waals surface area contributed by atoms with E-state index < -0.39 is 37.0 Å². The number of benzene rings is 1. The van der Waals surface area contributed by atoms with Crippen molar-refractivity contribution in [2.45, 2.75) is 19.8 Å². The van der Waals surface area contributed by atoms with E-state index in [1.165, 1.54) is 14.0 Å². The Morgan fingerprint density at radius 2 is 2.14 bits per heavy atom. The maximum atomic E-state index is 12.6. The molecule has 0 radical (unpaired) electrons. The highest BCUT2D eigenvalue weighted by Gasteiger charge is 2.33. The molecule has 1 aromatic carbocycles. The van der Waals surface area contributed by atoms with Crippen LogP contribution in [-0.4, -0.2) is 43.4 Å². The number of nitrogens with zero attached hydrogens (tertiary/aromatic N) is 1. The Kier molecular flexibility index (Phi) is 3.16. The third-order valence-electron chi connectivity index (χ3n) is 2.87. The van der Waals surface area contributed by atoms with Gasteiger partial charge < -0.3 is 9.47 Å². The van der Waals surface area contributed by atoms with Crippen LogP contribution in [0.4, 0.5) is 0 Å². The number of Topliss-reactive ketones (excluding diaryl/α,β-unsaturated/α-hetero) is 1. The lowest BCUT2D eigenvalue weighted by molar-refractivity contribution is -0.153. The summed E-state index contributed by atoms with van der Waals surface area (Å²) in [6, 6.07) is 6.29. The second-order valence-corrected chi connectivity index (χ2v) is 4.35. The molecule has 0 N–H and O–H groups in total. The van der Waals surface area contributed by atoms with Gasteiger partial charge in [-0.05, 0) is 31.0 Å². The van der Waals surface area contributed by atoms with Crippen molar-refractivity contribution in [3.05, 3.63) is 29.8 Å². The number of ether oxygens (including phenoxy) is 2. The molecule has 1 heterocycles. The summed E-state index contributed by atoms with van der Waals surface area (Å²) < 4.78 is 58.6. The Hall–Kier alpha value is -1.88. The summed E-state index contributed by atoms with van der Waals surface area (Å²) >= 11 is 0. The Bertz CT molecular complexity index is 722. The number of rotatable bonds is 5. The molecule has 1 aliphatic heterocycles. The molecule has 0 saturated carbocycles. The zero-order valence-corrected chi connectivity index (χ0v) is 11.9. The monoisotopic (exact) mass is 297 g/mol. The van der Waals surface area contributed by atoms with Gasteiger partial charge in [0.2, 0.25) is 0 Å². The van der Waals surface area contributed by atoms with Gasteiger partial charge >= 0.3 is 5.97 Å². The third-order valence-corrected chi connectivity index (χ3v) is 2.87. The molecule has 0 aromatic heterocycles. The first-order valence-corrected chi connectivity index (χ1v) is 6.52. The highest BCUT2D eigenvalue weighted by molar-refractivity contribution is 6.00. The van der Waals surface area contributed by atoms with Crippen molar-refractivity contribution in [1.29, 1.82) is 0 Å². The van der Waals surface area contributed by atoms with Crippen LogP contribution in [0.5, 0.6) is 5.75 Å². The summed E-state index contributed by atoms with van der Waals surface area (Å²) in [5.74, 6) is -4.30. The van der Waals surface area contributed by atoms with Gasteiger partial charge in [-0.1, -0.05) is 12.1 Å². The SMILES string of the molecule is [2H]C1([2H])C(=O)C(C(=O)OCC)C([2H])([2H])C([2H])([2H])N1Cc1ccc(OC)cc1. The molecule has 1 aromatic rings. The Morgan fingerprint density at radius 1 is 1.43 bits per heavy atom. The molecule has 1 fully saturated rings. The molecule has 114 valence electrons. The number of carbonyl (C=O) groups is 2. The third kappa shape index (κ3) is 4.04. The lowest BCUT2D eigenvalue weighted by Gasteiger charge is -2.29. The van der Waals surface area contributed by atoms with Gasteiger partial charge in [0, 0.05) is 18.5 Å². The molecular weight excluding hydrogens is 270 g/mol. The molecule has 0 amide bonds. The largest absolute Gasteiger partial charge is 0.497 e. The molecule has 2 rings (SSSR count). The first-order chi connectivity index (χ1) is 12.4. The number of esters is 1. The van der Waals surface area contributed by atoms with E-state index in [9.17, 15) is 9.59 Å². The van der Waals surface area contributed by atoms with Crippen LogP contribution in [0.2, 0.25) is 0 Å². The summed E-state index contributed by atoms with van der Waals surface area (Å²) in [4.78, 5) is 25.2. The van der Waals surface area contributed by atoms with E-state index in [0.717, 1.165) is 0 Å². The van der Waals surface area contributed by atoms with Crippen molar-refractivity contribution in [3.8, 4) is 5.75 Å². The van der Waals surface area contributed by atoms with E-state index in [1.54, 1.807) is 24.3 Å². The van der Waals surface area contributed by atoms with Crippen molar-refractivity contribution in [1.82, 2.24) is 4.90 Å². The van der Waals surface area contributed by atoms with Crippen molar-refractivity contribution in [3.63, 3.8) is 0 Å². The minimum Gasteiger partial charge on any atom is -0.497 e. The van der Waals surface area contributed by atoms with Crippen molar-refractivity contribution in [2.24, 2.45) is 5.92 Å². The second-order valence-electron chi connectivity index (χ2n) is 4.35. The van der Waals surface area contributed by atoms with Crippen LogP contribution in [0.3, 0.4) is 0 Å². The number of hydrogen-bond acceptors (Lipinski definition) is 5. The summed E-state index contributed by atoms with van der Waals surface area (Å²) in [6.45, 7) is -4.93. The lowest BCUT2D eigenvalue weighted by Crippen LogP contribution is -2.43. The van der Waals surface area contributed by atoms with E-state index in [2.05, 4.69) is 4.74 Å². The fourth-order valence-corrected chi connectivity index (χ4v) is 1.82. The summed E-state index contributed by atoms with van der Waals surface area (Å²) in [5, 5.41) is 0. The molecule has 0 spiro atoms. The summed E-state index contributed by atoms with van der Waals surface area (Å²) in [5.41, 5.74) is 0.446. The van der Waals surface area contributed by atoms with Crippen molar-refractivity contribution in [2.75, 3.05) is 26.7 Å². The van der Waals surface area contributed by atoms with Gasteiger partial charge in [-0.2, -0.15) is 0 Å². The molecule has 5 heteroatoms. The predicted molar refractivity (Wildman–Crippen MR) is 78.0 cm³/mol. The van der Waals surface area contributed by atoms with Gasteiger partial charge in [-0.25, -0.2) is 0 Å². The summed E-state index contributed by atoms with van der Waals surface area (Å²) in [6.07, 6.45) is -2.99. The van der Waals surface area contributed by atoms with Gasteiger partial charge in [-0.15, -0.1) is 0 Å². The molecule has 0 aliphatic carbocycles. The quantitative estimate of drug-likeness (QED) is 0.611. The molecule has 1 aliphatic rings. The molecule has 1 saturated heterocycles. The van der Waals surface area contributed by atoms with E-state index in [1.807, 2.05) is 0 Å². The number of ketones is 1. The zero-order valence-electron chi connectivity index (χ0n) is 17.9. The van der Waals surface area contributed by atoms with Gasteiger partial charge in [-0.3, -0.25) is 14.5 Å². The van der Waals surface area contributed by atoms with Gasteiger partial charge in [0.25, 0.3) is 0 Å². The van der Waals surface area contributed by atoms with Crippen LogP contribution in [0, 0.1) is 5.92 Å². The number of carbonyl (C=O) groups excluding carboxylic acids is 2. The Morgan fingerprint density at radius 3 is 2.76 bits per heavy atom. The topological polar surface area (TPSA) is 55.8 Å². The fraction of sp³-hybridized carbons (Fsp3) is 0.500. The normalized spacial score (nSPS) is 30.8.